The minimum atomic E-state index is -0.766. The molecular formula is C14H8BrF3O. The Balaban J connectivity index is 2.28. The molecule has 0 aliphatic carbocycles. The van der Waals surface area contributed by atoms with Crippen LogP contribution >= 0.6 is 15.9 Å². The van der Waals surface area contributed by atoms with Crippen LogP contribution in [0.15, 0.2) is 40.9 Å². The van der Waals surface area contributed by atoms with E-state index in [2.05, 4.69) is 15.9 Å². The van der Waals surface area contributed by atoms with E-state index in [0.29, 0.717) is 6.07 Å². The molecule has 0 aliphatic heterocycles. The number of Topliss-reactive ketones (excluding diaryl/α,β-unsaturated/α-hetero) is 1. The van der Waals surface area contributed by atoms with Gasteiger partial charge in [-0.15, -0.1) is 0 Å². The Bertz CT molecular complexity index is 620. The van der Waals surface area contributed by atoms with E-state index in [9.17, 15) is 18.0 Å². The molecule has 0 atom stereocenters. The average molecular weight is 329 g/mol. The van der Waals surface area contributed by atoms with Gasteiger partial charge in [0, 0.05) is 12.5 Å². The van der Waals surface area contributed by atoms with E-state index in [4.69, 9.17) is 0 Å². The summed E-state index contributed by atoms with van der Waals surface area (Å²) in [5, 5.41) is 0. The Morgan fingerprint density at radius 3 is 2.32 bits per heavy atom. The van der Waals surface area contributed by atoms with Gasteiger partial charge in [0.05, 0.1) is 10.0 Å². The highest BCUT2D eigenvalue weighted by Gasteiger charge is 2.15. The fourth-order valence-electron chi connectivity index (χ4n) is 1.71. The van der Waals surface area contributed by atoms with Gasteiger partial charge in [-0.25, -0.2) is 13.2 Å². The zero-order valence-corrected chi connectivity index (χ0v) is 11.2. The molecule has 0 radical (unpaired) electrons. The first-order valence-electron chi connectivity index (χ1n) is 5.39. The molecule has 2 aromatic carbocycles. The van der Waals surface area contributed by atoms with E-state index in [1.807, 2.05) is 0 Å². The lowest BCUT2D eigenvalue weighted by molar-refractivity contribution is 0.0989. The quantitative estimate of drug-likeness (QED) is 0.768. The van der Waals surface area contributed by atoms with Crippen molar-refractivity contribution in [3.8, 4) is 0 Å². The minimum Gasteiger partial charge on any atom is -0.294 e. The maximum Gasteiger partial charge on any atom is 0.170 e. The molecule has 0 saturated heterocycles. The summed E-state index contributed by atoms with van der Waals surface area (Å²) in [6, 6.07) is 7.14. The Kier molecular flexibility index (Phi) is 4.04. The predicted molar refractivity (Wildman–Crippen MR) is 68.5 cm³/mol. The van der Waals surface area contributed by atoms with Crippen molar-refractivity contribution >= 4 is 21.7 Å². The highest BCUT2D eigenvalue weighted by Crippen LogP contribution is 2.20. The molecule has 19 heavy (non-hydrogen) atoms. The van der Waals surface area contributed by atoms with E-state index in [-0.39, 0.29) is 22.0 Å². The molecule has 0 spiro atoms. The summed E-state index contributed by atoms with van der Waals surface area (Å²) >= 11 is 2.98. The zero-order chi connectivity index (χ0) is 14.0. The zero-order valence-electron chi connectivity index (χ0n) is 9.59. The molecular weight excluding hydrogens is 321 g/mol. The first-order valence-corrected chi connectivity index (χ1v) is 6.19. The maximum atomic E-state index is 13.7. The lowest BCUT2D eigenvalue weighted by Crippen LogP contribution is -2.07. The number of halogens is 4. The van der Waals surface area contributed by atoms with Crippen LogP contribution in [0.2, 0.25) is 0 Å². The number of carbonyl (C=O) groups excluding carboxylic acids is 1. The van der Waals surface area contributed by atoms with Gasteiger partial charge in [0.2, 0.25) is 0 Å². The largest absolute Gasteiger partial charge is 0.294 e. The molecule has 0 unspecified atom stereocenters. The van der Waals surface area contributed by atoms with Gasteiger partial charge in [0.1, 0.15) is 17.5 Å². The number of carbonyl (C=O) groups is 1. The Hall–Kier alpha value is -1.62. The third kappa shape index (κ3) is 3.23. The minimum absolute atomic E-state index is 0.112. The van der Waals surface area contributed by atoms with Crippen LogP contribution in [0.1, 0.15) is 15.9 Å². The van der Waals surface area contributed by atoms with E-state index in [1.54, 1.807) is 0 Å². The molecule has 98 valence electrons. The van der Waals surface area contributed by atoms with Crippen LogP contribution in [0.5, 0.6) is 0 Å². The fourth-order valence-corrected chi connectivity index (χ4v) is 2.08. The van der Waals surface area contributed by atoms with E-state index in [1.165, 1.54) is 18.2 Å². The number of ketones is 1. The smallest absolute Gasteiger partial charge is 0.170 e. The number of rotatable bonds is 3. The van der Waals surface area contributed by atoms with Crippen molar-refractivity contribution in [2.45, 2.75) is 6.42 Å². The SMILES string of the molecule is O=C(Cc1cc(F)cc(F)c1)c1cccc(Br)c1F. The fraction of sp³-hybridized carbons (Fsp3) is 0.0714. The number of hydrogen-bond donors (Lipinski definition) is 0. The molecule has 0 amide bonds. The second-order valence-electron chi connectivity index (χ2n) is 3.98. The van der Waals surface area contributed by atoms with Crippen LogP contribution in [-0.4, -0.2) is 5.78 Å². The molecule has 0 aromatic heterocycles. The standard InChI is InChI=1S/C14H8BrF3O/c15-12-3-1-2-11(14(12)18)13(19)6-8-4-9(16)7-10(17)5-8/h1-5,7H,6H2. The second-order valence-corrected chi connectivity index (χ2v) is 4.83. The molecule has 5 heteroatoms. The van der Waals surface area contributed by atoms with Crippen LogP contribution in [0.25, 0.3) is 0 Å². The van der Waals surface area contributed by atoms with Crippen LogP contribution < -0.4 is 0 Å². The Morgan fingerprint density at radius 1 is 1.05 bits per heavy atom. The summed E-state index contributed by atoms with van der Waals surface area (Å²) in [6.07, 6.45) is -0.262. The summed E-state index contributed by atoms with van der Waals surface area (Å²) in [5.74, 6) is -2.75. The van der Waals surface area contributed by atoms with Crippen molar-refractivity contribution < 1.29 is 18.0 Å². The van der Waals surface area contributed by atoms with Crippen LogP contribution in [0, 0.1) is 17.5 Å². The van der Waals surface area contributed by atoms with Gasteiger partial charge >= 0.3 is 0 Å². The molecule has 0 N–H and O–H groups in total. The van der Waals surface area contributed by atoms with E-state index < -0.39 is 23.2 Å². The van der Waals surface area contributed by atoms with Gasteiger partial charge in [0.25, 0.3) is 0 Å². The topological polar surface area (TPSA) is 17.1 Å². The summed E-state index contributed by atoms with van der Waals surface area (Å²) < 4.78 is 39.9. The lowest BCUT2D eigenvalue weighted by Gasteiger charge is -2.05. The molecule has 0 aliphatic rings. The first-order chi connectivity index (χ1) is 8.97. The van der Waals surface area contributed by atoms with Crippen LogP contribution in [0.4, 0.5) is 13.2 Å². The highest BCUT2D eigenvalue weighted by atomic mass is 79.9. The van der Waals surface area contributed by atoms with Crippen LogP contribution in [0.3, 0.4) is 0 Å². The first kappa shape index (κ1) is 13.8. The van der Waals surface area contributed by atoms with Crippen LogP contribution in [-0.2, 0) is 6.42 Å². The molecule has 0 saturated carbocycles. The molecule has 2 rings (SSSR count). The normalized spacial score (nSPS) is 10.5. The van der Waals surface area contributed by atoms with Gasteiger partial charge in [-0.3, -0.25) is 4.79 Å². The van der Waals surface area contributed by atoms with Gasteiger partial charge in [-0.1, -0.05) is 6.07 Å². The maximum absolute atomic E-state index is 13.7. The lowest BCUT2D eigenvalue weighted by atomic mass is 10.0. The predicted octanol–water partition coefficient (Wildman–Crippen LogP) is 4.29. The molecule has 0 bridgehead atoms. The van der Waals surface area contributed by atoms with Crippen molar-refractivity contribution in [2.24, 2.45) is 0 Å². The Morgan fingerprint density at radius 2 is 1.68 bits per heavy atom. The second kappa shape index (κ2) is 5.57. The monoisotopic (exact) mass is 328 g/mol. The Labute approximate surface area is 116 Å². The summed E-state index contributed by atoms with van der Waals surface area (Å²) in [6.45, 7) is 0. The van der Waals surface area contributed by atoms with Gasteiger partial charge in [-0.2, -0.15) is 0 Å². The van der Waals surface area contributed by atoms with Crippen molar-refractivity contribution in [2.75, 3.05) is 0 Å². The van der Waals surface area contributed by atoms with Gasteiger partial charge < -0.3 is 0 Å². The number of hydrogen-bond acceptors (Lipinski definition) is 1. The van der Waals surface area contributed by atoms with Crippen molar-refractivity contribution in [3.63, 3.8) is 0 Å². The van der Waals surface area contributed by atoms with Crippen molar-refractivity contribution in [3.05, 3.63) is 69.4 Å². The number of benzene rings is 2. The summed E-state index contributed by atoms with van der Waals surface area (Å²) in [4.78, 5) is 11.9. The molecule has 0 heterocycles. The summed E-state index contributed by atoms with van der Waals surface area (Å²) in [7, 11) is 0. The molecule has 2 aromatic rings. The van der Waals surface area contributed by atoms with E-state index >= 15 is 0 Å². The van der Waals surface area contributed by atoms with E-state index in [0.717, 1.165) is 12.1 Å². The molecule has 1 nitrogen and oxygen atoms in total. The van der Waals surface area contributed by atoms with Gasteiger partial charge in [-0.05, 0) is 45.8 Å². The summed E-state index contributed by atoms with van der Waals surface area (Å²) in [5.41, 5.74) is 0.0564. The molecule has 0 fully saturated rings. The van der Waals surface area contributed by atoms with Crippen molar-refractivity contribution in [1.29, 1.82) is 0 Å². The average Bonchev–Trinajstić information content (AvgIpc) is 2.31. The van der Waals surface area contributed by atoms with Crippen molar-refractivity contribution in [1.82, 2.24) is 0 Å². The highest BCUT2D eigenvalue weighted by molar-refractivity contribution is 9.10. The third-order valence-corrected chi connectivity index (χ3v) is 3.15. The third-order valence-electron chi connectivity index (χ3n) is 2.54. The van der Waals surface area contributed by atoms with Gasteiger partial charge in [0.15, 0.2) is 5.78 Å².